The maximum absolute atomic E-state index is 13.3. The maximum Gasteiger partial charge on any atom is 0.153 e. The summed E-state index contributed by atoms with van der Waals surface area (Å²) in [5, 5.41) is 11.3. The Hall–Kier alpha value is -3.32. The first-order chi connectivity index (χ1) is 13.1. The van der Waals surface area contributed by atoms with Crippen molar-refractivity contribution in [2.45, 2.75) is 12.8 Å². The molecule has 0 fully saturated rings. The molecule has 1 atom stereocenters. The summed E-state index contributed by atoms with van der Waals surface area (Å²) in [6.45, 7) is 2.24. The number of benzene rings is 2. The Bertz CT molecular complexity index is 1070. The first-order valence-electron chi connectivity index (χ1n) is 8.65. The minimum absolute atomic E-state index is 0.239. The zero-order chi connectivity index (χ0) is 18.8. The Morgan fingerprint density at radius 1 is 1.11 bits per heavy atom. The molecule has 7 heteroatoms. The zero-order valence-corrected chi connectivity index (χ0v) is 14.8. The number of anilines is 2. The maximum atomic E-state index is 13.3. The second-order valence-corrected chi connectivity index (χ2v) is 6.35. The van der Waals surface area contributed by atoms with Crippen LogP contribution in [-0.4, -0.2) is 26.7 Å². The van der Waals surface area contributed by atoms with Gasteiger partial charge in [0.05, 0.1) is 11.4 Å². The van der Waals surface area contributed by atoms with Crippen LogP contribution in [0, 0.1) is 12.7 Å². The van der Waals surface area contributed by atoms with Crippen molar-refractivity contribution in [1.82, 2.24) is 20.2 Å². The van der Waals surface area contributed by atoms with E-state index in [1.54, 1.807) is 12.1 Å². The van der Waals surface area contributed by atoms with Crippen LogP contribution in [0.3, 0.4) is 0 Å². The van der Waals surface area contributed by atoms with E-state index in [2.05, 4.69) is 15.5 Å². The Morgan fingerprint density at radius 3 is 2.59 bits per heavy atom. The molecule has 2 heterocycles. The summed E-state index contributed by atoms with van der Waals surface area (Å²) < 4.78 is 13.3. The van der Waals surface area contributed by atoms with Crippen LogP contribution in [0.1, 0.15) is 23.0 Å². The molecule has 0 amide bonds. The van der Waals surface area contributed by atoms with E-state index in [9.17, 15) is 4.39 Å². The Morgan fingerprint density at radius 2 is 1.89 bits per heavy atom. The highest BCUT2D eigenvalue weighted by Crippen LogP contribution is 2.28. The monoisotopic (exact) mass is 362 g/mol. The number of nitrogens with zero attached hydrogens (tertiary/aromatic N) is 3. The van der Waals surface area contributed by atoms with Gasteiger partial charge in [0.1, 0.15) is 17.5 Å². The Kier molecular flexibility index (Phi) is 4.52. The summed E-state index contributed by atoms with van der Waals surface area (Å²) >= 11 is 0. The average Bonchev–Trinajstić information content (AvgIpc) is 3.09. The summed E-state index contributed by atoms with van der Waals surface area (Å²) in [7, 11) is 0. The number of aromatic nitrogens is 4. The first-order valence-corrected chi connectivity index (χ1v) is 8.65. The van der Waals surface area contributed by atoms with Crippen LogP contribution in [0.25, 0.3) is 10.9 Å². The largest absolute Gasteiger partial charge is 0.329 e. The zero-order valence-electron chi connectivity index (χ0n) is 14.8. The number of hydrogen-bond acceptors (Lipinski definition) is 5. The molecule has 6 nitrogen and oxygen atoms in total. The third kappa shape index (κ3) is 3.50. The van der Waals surface area contributed by atoms with Crippen LogP contribution in [0.15, 0.2) is 54.6 Å². The van der Waals surface area contributed by atoms with Crippen molar-refractivity contribution in [2.24, 2.45) is 5.73 Å². The van der Waals surface area contributed by atoms with Crippen LogP contribution in [0.4, 0.5) is 16.0 Å². The number of rotatable bonds is 5. The van der Waals surface area contributed by atoms with Crippen LogP contribution < -0.4 is 11.1 Å². The fraction of sp³-hybridized carbons (Fsp3) is 0.150. The fourth-order valence-electron chi connectivity index (χ4n) is 3.03. The minimum Gasteiger partial charge on any atom is -0.329 e. The number of aromatic amines is 1. The molecule has 0 spiro atoms. The van der Waals surface area contributed by atoms with Crippen LogP contribution in [0.5, 0.6) is 0 Å². The van der Waals surface area contributed by atoms with Gasteiger partial charge in [0.25, 0.3) is 0 Å². The molecule has 4 aromatic rings. The quantitative estimate of drug-likeness (QED) is 0.504. The van der Waals surface area contributed by atoms with E-state index < -0.39 is 0 Å². The summed E-state index contributed by atoms with van der Waals surface area (Å²) in [5.41, 5.74) is 8.63. The van der Waals surface area contributed by atoms with Gasteiger partial charge in [0.2, 0.25) is 0 Å². The van der Waals surface area contributed by atoms with Gasteiger partial charge in [-0.15, -0.1) is 0 Å². The molecule has 0 radical (unpaired) electrons. The van der Waals surface area contributed by atoms with Crippen molar-refractivity contribution in [3.8, 4) is 0 Å². The number of nitrogens with one attached hydrogen (secondary N) is 2. The van der Waals surface area contributed by atoms with E-state index in [0.29, 0.717) is 24.0 Å². The molecule has 136 valence electrons. The number of halogens is 1. The van der Waals surface area contributed by atoms with Gasteiger partial charge in [-0.25, -0.2) is 14.4 Å². The van der Waals surface area contributed by atoms with Gasteiger partial charge < -0.3 is 11.1 Å². The van der Waals surface area contributed by atoms with Gasteiger partial charge in [0.15, 0.2) is 5.82 Å². The normalized spacial score (nSPS) is 12.3. The van der Waals surface area contributed by atoms with Crippen LogP contribution in [0.2, 0.25) is 0 Å². The second kappa shape index (κ2) is 7.13. The van der Waals surface area contributed by atoms with Gasteiger partial charge in [-0.05, 0) is 36.8 Å². The molecule has 0 aliphatic rings. The molecule has 4 rings (SSSR count). The highest BCUT2D eigenvalue weighted by molar-refractivity contribution is 5.90. The van der Waals surface area contributed by atoms with Gasteiger partial charge in [-0.3, -0.25) is 5.10 Å². The lowest BCUT2D eigenvalue weighted by molar-refractivity contribution is 0.625. The molecule has 0 aliphatic heterocycles. The summed E-state index contributed by atoms with van der Waals surface area (Å²) in [6.07, 6.45) is 0. The Labute approximate surface area is 155 Å². The summed E-state index contributed by atoms with van der Waals surface area (Å²) in [5.74, 6) is 1.38. The number of H-pyrrole nitrogens is 1. The lowest BCUT2D eigenvalue weighted by Crippen LogP contribution is -2.17. The van der Waals surface area contributed by atoms with Crippen molar-refractivity contribution >= 4 is 22.5 Å². The molecule has 2 aromatic heterocycles. The SMILES string of the molecule is Cc1cc(Nc2nc(C(CN)c3ccc(F)cc3)nc3ccccc23)n[nH]1. The standard InChI is InChI=1S/C20H19FN6/c1-12-10-18(27-26-12)24-19-15-4-2-3-5-17(15)23-20(25-19)16(11-22)13-6-8-14(21)9-7-13/h2-10,16H,11,22H2,1H3,(H2,23,24,25,26,27). The Balaban J connectivity index is 1.81. The smallest absolute Gasteiger partial charge is 0.153 e. The van der Waals surface area contributed by atoms with Crippen molar-refractivity contribution < 1.29 is 4.39 Å². The van der Waals surface area contributed by atoms with E-state index in [1.165, 1.54) is 12.1 Å². The van der Waals surface area contributed by atoms with E-state index >= 15 is 0 Å². The molecule has 0 aliphatic carbocycles. The number of fused-ring (bicyclic) bond motifs is 1. The fourth-order valence-corrected chi connectivity index (χ4v) is 3.03. The molecule has 0 bridgehead atoms. The van der Waals surface area contributed by atoms with Crippen LogP contribution >= 0.6 is 0 Å². The van der Waals surface area contributed by atoms with Crippen LogP contribution in [-0.2, 0) is 0 Å². The molecule has 2 aromatic carbocycles. The van der Waals surface area contributed by atoms with Crippen molar-refractivity contribution in [3.05, 3.63) is 77.5 Å². The number of nitrogens with two attached hydrogens (primary N) is 1. The molecular formula is C20H19FN6. The van der Waals surface area contributed by atoms with E-state index in [0.717, 1.165) is 22.2 Å². The lowest BCUT2D eigenvalue weighted by atomic mass is 9.98. The highest BCUT2D eigenvalue weighted by atomic mass is 19.1. The molecular weight excluding hydrogens is 343 g/mol. The van der Waals surface area contributed by atoms with E-state index in [-0.39, 0.29) is 11.7 Å². The van der Waals surface area contributed by atoms with Crippen molar-refractivity contribution in [3.63, 3.8) is 0 Å². The first kappa shape index (κ1) is 17.1. The third-order valence-corrected chi connectivity index (χ3v) is 4.39. The van der Waals surface area contributed by atoms with Gasteiger partial charge >= 0.3 is 0 Å². The molecule has 4 N–H and O–H groups in total. The van der Waals surface area contributed by atoms with E-state index in [1.807, 2.05) is 37.3 Å². The number of aryl methyl sites for hydroxylation is 1. The van der Waals surface area contributed by atoms with Gasteiger partial charge in [-0.2, -0.15) is 5.10 Å². The topological polar surface area (TPSA) is 92.5 Å². The van der Waals surface area contributed by atoms with Gasteiger partial charge in [-0.1, -0.05) is 24.3 Å². The molecule has 1 unspecified atom stereocenters. The molecule has 0 saturated carbocycles. The van der Waals surface area contributed by atoms with Crippen molar-refractivity contribution in [2.75, 3.05) is 11.9 Å². The number of para-hydroxylation sites is 1. The van der Waals surface area contributed by atoms with E-state index in [4.69, 9.17) is 15.7 Å². The van der Waals surface area contributed by atoms with Gasteiger partial charge in [0, 0.05) is 23.7 Å². The predicted octanol–water partition coefficient (Wildman–Crippen LogP) is 3.63. The summed E-state index contributed by atoms with van der Waals surface area (Å²) in [4.78, 5) is 9.43. The minimum atomic E-state index is -0.287. The summed E-state index contributed by atoms with van der Waals surface area (Å²) in [6, 6.07) is 15.9. The molecule has 27 heavy (non-hydrogen) atoms. The average molecular weight is 362 g/mol. The highest BCUT2D eigenvalue weighted by Gasteiger charge is 2.18. The second-order valence-electron chi connectivity index (χ2n) is 6.35. The number of hydrogen-bond donors (Lipinski definition) is 3. The lowest BCUT2D eigenvalue weighted by Gasteiger charge is -2.16. The predicted molar refractivity (Wildman–Crippen MR) is 103 cm³/mol. The van der Waals surface area contributed by atoms with Crippen molar-refractivity contribution in [1.29, 1.82) is 0 Å². The third-order valence-electron chi connectivity index (χ3n) is 4.39. The molecule has 0 saturated heterocycles.